The average Bonchev–Trinajstić information content (AvgIpc) is 1.87. The molecule has 10 heavy (non-hydrogen) atoms. The molecule has 0 radical (unpaired) electrons. The minimum Gasteiger partial charge on any atom is -0.453 e. The molecule has 60 valence electrons. The van der Waals surface area contributed by atoms with Crippen LogP contribution in [-0.4, -0.2) is 25.7 Å². The number of rotatable bonds is 2. The number of carbonyl (C=O) groups excluding carboxylic acids is 1. The van der Waals surface area contributed by atoms with E-state index in [1.807, 2.05) is 5.32 Å². The first-order chi connectivity index (χ1) is 4.57. The monoisotopic (exact) mass is 153 g/mol. The molecule has 0 bridgehead atoms. The zero-order valence-electron chi connectivity index (χ0n) is 5.73. The molecular formula is C5H9F2NO2. The second kappa shape index (κ2) is 4.03. The molecule has 0 saturated carbocycles. The maximum absolute atomic E-state index is 11.7. The number of ether oxygens (including phenoxy) is 1. The summed E-state index contributed by atoms with van der Waals surface area (Å²) in [6.45, 7) is 1.20. The van der Waals surface area contributed by atoms with Crippen molar-refractivity contribution in [1.82, 2.24) is 5.32 Å². The minimum absolute atomic E-state index is 0.840. The SMILES string of the molecule is COC(=O)N[C@@H](C)C(F)F. The van der Waals surface area contributed by atoms with E-state index < -0.39 is 18.6 Å². The number of nitrogens with one attached hydrogen (secondary N) is 1. The van der Waals surface area contributed by atoms with E-state index in [-0.39, 0.29) is 0 Å². The lowest BCUT2D eigenvalue weighted by molar-refractivity contribution is 0.0974. The van der Waals surface area contributed by atoms with Crippen LogP contribution >= 0.6 is 0 Å². The molecule has 5 heteroatoms. The van der Waals surface area contributed by atoms with Crippen LogP contribution in [-0.2, 0) is 4.74 Å². The van der Waals surface area contributed by atoms with Crippen molar-refractivity contribution in [2.75, 3.05) is 7.11 Å². The van der Waals surface area contributed by atoms with E-state index in [4.69, 9.17) is 0 Å². The van der Waals surface area contributed by atoms with Crippen molar-refractivity contribution in [2.24, 2.45) is 0 Å². The van der Waals surface area contributed by atoms with E-state index in [1.165, 1.54) is 6.92 Å². The molecule has 0 spiro atoms. The number of hydrogen-bond donors (Lipinski definition) is 1. The van der Waals surface area contributed by atoms with E-state index in [9.17, 15) is 13.6 Å². The van der Waals surface area contributed by atoms with Crippen LogP contribution < -0.4 is 5.32 Å². The lowest BCUT2D eigenvalue weighted by Gasteiger charge is -2.10. The van der Waals surface area contributed by atoms with Crippen LogP contribution in [0.1, 0.15) is 6.92 Å². The van der Waals surface area contributed by atoms with E-state index in [1.54, 1.807) is 0 Å². The molecule has 0 aliphatic rings. The fraction of sp³-hybridized carbons (Fsp3) is 0.800. The number of amides is 1. The third kappa shape index (κ3) is 3.21. The van der Waals surface area contributed by atoms with Gasteiger partial charge in [0.1, 0.15) is 0 Å². The zero-order chi connectivity index (χ0) is 8.15. The summed E-state index contributed by atoms with van der Waals surface area (Å²) in [5.74, 6) is 0. The summed E-state index contributed by atoms with van der Waals surface area (Å²) >= 11 is 0. The van der Waals surface area contributed by atoms with Gasteiger partial charge >= 0.3 is 6.09 Å². The Morgan fingerprint density at radius 2 is 2.10 bits per heavy atom. The Morgan fingerprint density at radius 1 is 1.60 bits per heavy atom. The Kier molecular flexibility index (Phi) is 3.68. The molecule has 3 nitrogen and oxygen atoms in total. The minimum atomic E-state index is -2.56. The summed E-state index contributed by atoms with van der Waals surface area (Å²) in [6, 6.07) is -1.16. The summed E-state index contributed by atoms with van der Waals surface area (Å²) < 4.78 is 27.4. The predicted molar refractivity (Wildman–Crippen MR) is 31.0 cm³/mol. The number of methoxy groups -OCH3 is 1. The number of hydrogen-bond acceptors (Lipinski definition) is 2. The first kappa shape index (κ1) is 9.13. The van der Waals surface area contributed by atoms with Crippen LogP contribution in [0.5, 0.6) is 0 Å². The van der Waals surface area contributed by atoms with Gasteiger partial charge in [0.25, 0.3) is 6.43 Å². The zero-order valence-corrected chi connectivity index (χ0v) is 5.73. The number of alkyl carbamates (subject to hydrolysis) is 1. The first-order valence-electron chi connectivity index (χ1n) is 2.70. The molecule has 0 aromatic heterocycles. The van der Waals surface area contributed by atoms with Gasteiger partial charge in [-0.1, -0.05) is 0 Å². The summed E-state index contributed by atoms with van der Waals surface area (Å²) in [5, 5.41) is 1.92. The largest absolute Gasteiger partial charge is 0.453 e. The normalized spacial score (nSPS) is 12.9. The van der Waals surface area contributed by atoms with E-state index in [0.29, 0.717) is 0 Å². The smallest absolute Gasteiger partial charge is 0.407 e. The summed E-state index contributed by atoms with van der Waals surface area (Å²) in [4.78, 5) is 10.3. The van der Waals surface area contributed by atoms with E-state index in [2.05, 4.69) is 4.74 Å². The molecule has 1 amide bonds. The van der Waals surface area contributed by atoms with Crippen LogP contribution in [0, 0.1) is 0 Å². The van der Waals surface area contributed by atoms with Crippen LogP contribution in [0.4, 0.5) is 13.6 Å². The van der Waals surface area contributed by atoms with Gasteiger partial charge in [0, 0.05) is 0 Å². The van der Waals surface area contributed by atoms with Gasteiger partial charge in [0.2, 0.25) is 0 Å². The molecule has 1 N–H and O–H groups in total. The van der Waals surface area contributed by atoms with Gasteiger partial charge in [-0.15, -0.1) is 0 Å². The highest BCUT2D eigenvalue weighted by Gasteiger charge is 2.16. The van der Waals surface area contributed by atoms with Crippen molar-refractivity contribution in [3.8, 4) is 0 Å². The highest BCUT2D eigenvalue weighted by Crippen LogP contribution is 1.98. The predicted octanol–water partition coefficient (Wildman–Crippen LogP) is 0.996. The van der Waals surface area contributed by atoms with Gasteiger partial charge in [0.15, 0.2) is 0 Å². The number of carbonyl (C=O) groups is 1. The molecule has 0 fully saturated rings. The van der Waals surface area contributed by atoms with Crippen LogP contribution in [0.3, 0.4) is 0 Å². The lowest BCUT2D eigenvalue weighted by atomic mass is 10.4. The Balaban J connectivity index is 3.57. The topological polar surface area (TPSA) is 38.3 Å². The average molecular weight is 153 g/mol. The molecule has 0 heterocycles. The van der Waals surface area contributed by atoms with Gasteiger partial charge < -0.3 is 10.1 Å². The Labute approximate surface area is 57.4 Å². The van der Waals surface area contributed by atoms with Crippen molar-refractivity contribution < 1.29 is 18.3 Å². The standard InChI is InChI=1S/C5H9F2NO2/c1-3(4(6)7)8-5(9)10-2/h3-4H,1-2H3,(H,8,9)/t3-/m0/s1. The van der Waals surface area contributed by atoms with Gasteiger partial charge in [-0.25, -0.2) is 13.6 Å². The molecule has 1 atom stereocenters. The third-order valence-corrected chi connectivity index (χ3v) is 0.909. The molecule has 0 aliphatic heterocycles. The number of alkyl halides is 2. The molecule has 0 saturated heterocycles. The first-order valence-corrected chi connectivity index (χ1v) is 2.70. The fourth-order valence-electron chi connectivity index (χ4n) is 0.308. The molecule has 0 aliphatic carbocycles. The number of halogens is 2. The fourth-order valence-corrected chi connectivity index (χ4v) is 0.308. The van der Waals surface area contributed by atoms with Crippen LogP contribution in [0.2, 0.25) is 0 Å². The molecule has 0 aromatic rings. The van der Waals surface area contributed by atoms with Gasteiger partial charge in [-0.05, 0) is 6.92 Å². The van der Waals surface area contributed by atoms with Gasteiger partial charge in [-0.2, -0.15) is 0 Å². The highest BCUT2D eigenvalue weighted by molar-refractivity contribution is 5.67. The molecule has 0 aromatic carbocycles. The van der Waals surface area contributed by atoms with Crippen molar-refractivity contribution in [3.63, 3.8) is 0 Å². The Morgan fingerprint density at radius 3 is 2.40 bits per heavy atom. The van der Waals surface area contributed by atoms with Crippen molar-refractivity contribution in [2.45, 2.75) is 19.4 Å². The van der Waals surface area contributed by atoms with E-state index >= 15 is 0 Å². The molecule has 0 rings (SSSR count). The Bertz CT molecular complexity index is 118. The summed E-state index contributed by atoms with van der Waals surface area (Å²) in [6.07, 6.45) is -3.40. The van der Waals surface area contributed by atoms with Crippen molar-refractivity contribution in [1.29, 1.82) is 0 Å². The summed E-state index contributed by atoms with van der Waals surface area (Å²) in [7, 11) is 1.12. The second-order valence-electron chi connectivity index (χ2n) is 1.76. The third-order valence-electron chi connectivity index (χ3n) is 0.909. The highest BCUT2D eigenvalue weighted by atomic mass is 19.3. The Hall–Kier alpha value is -0.870. The molecule has 0 unspecified atom stereocenters. The maximum Gasteiger partial charge on any atom is 0.407 e. The quantitative estimate of drug-likeness (QED) is 0.642. The van der Waals surface area contributed by atoms with Crippen molar-refractivity contribution >= 4 is 6.09 Å². The second-order valence-corrected chi connectivity index (χ2v) is 1.76. The molecular weight excluding hydrogens is 144 g/mol. The van der Waals surface area contributed by atoms with Gasteiger partial charge in [0.05, 0.1) is 13.2 Å². The summed E-state index contributed by atoms with van der Waals surface area (Å²) in [5.41, 5.74) is 0. The van der Waals surface area contributed by atoms with Crippen molar-refractivity contribution in [3.05, 3.63) is 0 Å². The maximum atomic E-state index is 11.7. The van der Waals surface area contributed by atoms with Crippen LogP contribution in [0.15, 0.2) is 0 Å². The lowest BCUT2D eigenvalue weighted by Crippen LogP contribution is -2.37. The van der Waals surface area contributed by atoms with Crippen LogP contribution in [0.25, 0.3) is 0 Å². The van der Waals surface area contributed by atoms with E-state index in [0.717, 1.165) is 7.11 Å². The van der Waals surface area contributed by atoms with Gasteiger partial charge in [-0.3, -0.25) is 0 Å².